The van der Waals surface area contributed by atoms with Gasteiger partial charge >= 0.3 is 0 Å². The molecule has 0 saturated carbocycles. The molecule has 0 bridgehead atoms. The molecule has 0 aliphatic carbocycles. The van der Waals surface area contributed by atoms with Crippen molar-refractivity contribution in [2.24, 2.45) is 0 Å². The molecule has 1 aromatic heterocycles. The molecule has 154 valence electrons. The smallest absolute Gasteiger partial charge is 0.131 e. The first-order chi connectivity index (χ1) is 14.6. The summed E-state index contributed by atoms with van der Waals surface area (Å²) in [4.78, 5) is 3.31. The summed E-state index contributed by atoms with van der Waals surface area (Å²) in [6.45, 7) is 1.55. The normalized spacial score (nSPS) is 11.2. The van der Waals surface area contributed by atoms with E-state index in [0.29, 0.717) is 22.9 Å². The third-order valence-corrected chi connectivity index (χ3v) is 5.87. The summed E-state index contributed by atoms with van der Waals surface area (Å²) in [7, 11) is 0. The van der Waals surface area contributed by atoms with Gasteiger partial charge in [-0.05, 0) is 54.9 Å². The number of H-pyrrole nitrogens is 1. The van der Waals surface area contributed by atoms with E-state index in [1.807, 2.05) is 24.3 Å². The third-order valence-electron chi connectivity index (χ3n) is 5.02. The van der Waals surface area contributed by atoms with Crippen molar-refractivity contribution in [3.63, 3.8) is 0 Å². The molecule has 0 aliphatic rings. The Hall–Kier alpha value is -2.34. The molecule has 0 saturated heterocycles. The van der Waals surface area contributed by atoms with Gasteiger partial charge in [0, 0.05) is 39.2 Å². The lowest BCUT2D eigenvalue weighted by molar-refractivity contribution is 0.296. The standard InChI is InChI=1S/C24H21BrClFN2O/c25-18-8-9-24(30-15-20-21(26)5-3-6-22(20)27)17(12-18)13-28-11-10-16-14-29-23-7-2-1-4-19(16)23/h1-9,12,14,28-29H,10-11,13,15H2. The first kappa shape index (κ1) is 20.9. The second kappa shape index (κ2) is 9.65. The maximum absolute atomic E-state index is 14.0. The number of hydrogen-bond acceptors (Lipinski definition) is 2. The highest BCUT2D eigenvalue weighted by Crippen LogP contribution is 2.26. The number of fused-ring (bicyclic) bond motifs is 1. The molecule has 0 radical (unpaired) electrons. The van der Waals surface area contributed by atoms with Crippen LogP contribution in [0.1, 0.15) is 16.7 Å². The van der Waals surface area contributed by atoms with Gasteiger partial charge in [0.25, 0.3) is 0 Å². The van der Waals surface area contributed by atoms with Crippen LogP contribution >= 0.6 is 27.5 Å². The minimum Gasteiger partial charge on any atom is -0.488 e. The summed E-state index contributed by atoms with van der Waals surface area (Å²) >= 11 is 9.63. The van der Waals surface area contributed by atoms with Gasteiger partial charge in [-0.1, -0.05) is 51.8 Å². The zero-order chi connectivity index (χ0) is 20.9. The lowest BCUT2D eigenvalue weighted by atomic mass is 10.1. The van der Waals surface area contributed by atoms with E-state index in [1.54, 1.807) is 12.1 Å². The number of ether oxygens (including phenoxy) is 1. The van der Waals surface area contributed by atoms with Crippen molar-refractivity contribution in [3.8, 4) is 5.75 Å². The second-order valence-corrected chi connectivity index (χ2v) is 8.35. The predicted octanol–water partition coefficient (Wildman–Crippen LogP) is 6.63. The number of aromatic amines is 1. The van der Waals surface area contributed by atoms with Gasteiger partial charge in [0.15, 0.2) is 0 Å². The lowest BCUT2D eigenvalue weighted by Crippen LogP contribution is -2.17. The van der Waals surface area contributed by atoms with Gasteiger partial charge in [0.1, 0.15) is 18.2 Å². The van der Waals surface area contributed by atoms with Crippen LogP contribution in [-0.2, 0) is 19.6 Å². The number of halogens is 3. The molecule has 4 rings (SSSR count). The van der Waals surface area contributed by atoms with Gasteiger partial charge in [-0.3, -0.25) is 0 Å². The van der Waals surface area contributed by atoms with Crippen molar-refractivity contribution in [2.45, 2.75) is 19.6 Å². The fraction of sp³-hybridized carbons (Fsp3) is 0.167. The largest absolute Gasteiger partial charge is 0.488 e. The highest BCUT2D eigenvalue weighted by atomic mass is 79.9. The fourth-order valence-electron chi connectivity index (χ4n) is 3.43. The second-order valence-electron chi connectivity index (χ2n) is 7.03. The first-order valence-corrected chi connectivity index (χ1v) is 10.9. The molecule has 3 nitrogen and oxygen atoms in total. The van der Waals surface area contributed by atoms with Crippen LogP contribution in [0, 0.1) is 5.82 Å². The van der Waals surface area contributed by atoms with Gasteiger partial charge in [0.05, 0.1) is 5.02 Å². The molecule has 0 unspecified atom stereocenters. The summed E-state index contributed by atoms with van der Waals surface area (Å²) in [5.74, 6) is 0.343. The molecule has 4 aromatic rings. The topological polar surface area (TPSA) is 37.0 Å². The van der Waals surface area contributed by atoms with E-state index in [1.165, 1.54) is 17.0 Å². The Balaban J connectivity index is 1.38. The summed E-state index contributed by atoms with van der Waals surface area (Å²) in [5.41, 5.74) is 3.80. The van der Waals surface area contributed by atoms with Gasteiger partial charge in [-0.2, -0.15) is 0 Å². The van der Waals surface area contributed by atoms with Gasteiger partial charge in [0.2, 0.25) is 0 Å². The zero-order valence-corrected chi connectivity index (χ0v) is 18.6. The van der Waals surface area contributed by atoms with Crippen LogP contribution in [0.15, 0.2) is 71.3 Å². The average Bonchev–Trinajstić information content (AvgIpc) is 3.15. The third kappa shape index (κ3) is 4.86. The Kier molecular flexibility index (Phi) is 6.72. The summed E-state index contributed by atoms with van der Waals surface area (Å²) < 4.78 is 20.9. The van der Waals surface area contributed by atoms with E-state index in [4.69, 9.17) is 16.3 Å². The van der Waals surface area contributed by atoms with E-state index in [-0.39, 0.29) is 12.4 Å². The van der Waals surface area contributed by atoms with Crippen molar-refractivity contribution in [2.75, 3.05) is 6.54 Å². The lowest BCUT2D eigenvalue weighted by Gasteiger charge is -2.14. The number of rotatable bonds is 8. The Morgan fingerprint density at radius 3 is 2.77 bits per heavy atom. The number of benzene rings is 3. The van der Waals surface area contributed by atoms with Gasteiger partial charge in [-0.15, -0.1) is 0 Å². The van der Waals surface area contributed by atoms with E-state index in [9.17, 15) is 4.39 Å². The first-order valence-electron chi connectivity index (χ1n) is 9.71. The molecular weight excluding hydrogens is 467 g/mol. The highest BCUT2D eigenvalue weighted by Gasteiger charge is 2.10. The number of nitrogens with one attached hydrogen (secondary N) is 2. The van der Waals surface area contributed by atoms with E-state index < -0.39 is 0 Å². The molecule has 0 amide bonds. The molecule has 0 fully saturated rings. The van der Waals surface area contributed by atoms with Crippen molar-refractivity contribution < 1.29 is 9.13 Å². The summed E-state index contributed by atoms with van der Waals surface area (Å²) in [6.07, 6.45) is 2.98. The minimum atomic E-state index is -0.363. The van der Waals surface area contributed by atoms with E-state index in [2.05, 4.69) is 50.6 Å². The van der Waals surface area contributed by atoms with Gasteiger partial charge in [-0.25, -0.2) is 4.39 Å². The Morgan fingerprint density at radius 1 is 1.03 bits per heavy atom. The minimum absolute atomic E-state index is 0.0788. The molecule has 0 atom stereocenters. The molecule has 30 heavy (non-hydrogen) atoms. The number of hydrogen-bond donors (Lipinski definition) is 2. The maximum atomic E-state index is 14.0. The van der Waals surface area contributed by atoms with Crippen molar-refractivity contribution in [1.29, 1.82) is 0 Å². The van der Waals surface area contributed by atoms with Crippen LogP contribution in [0.2, 0.25) is 5.02 Å². The average molecular weight is 488 g/mol. The van der Waals surface area contributed by atoms with Crippen LogP contribution in [0.25, 0.3) is 10.9 Å². The molecule has 3 aromatic carbocycles. The SMILES string of the molecule is Fc1cccc(Cl)c1COc1ccc(Br)cc1CNCCc1c[nH]c2ccccc12. The van der Waals surface area contributed by atoms with Crippen LogP contribution < -0.4 is 10.1 Å². The van der Waals surface area contributed by atoms with E-state index >= 15 is 0 Å². The fourth-order valence-corrected chi connectivity index (χ4v) is 4.06. The molecule has 0 aliphatic heterocycles. The number of para-hydroxylation sites is 1. The van der Waals surface area contributed by atoms with Crippen LogP contribution in [0.4, 0.5) is 4.39 Å². The molecule has 6 heteroatoms. The van der Waals surface area contributed by atoms with Gasteiger partial charge < -0.3 is 15.0 Å². The van der Waals surface area contributed by atoms with Crippen molar-refractivity contribution in [1.82, 2.24) is 10.3 Å². The Morgan fingerprint density at radius 2 is 1.90 bits per heavy atom. The quantitative estimate of drug-likeness (QED) is 0.274. The Labute approximate surface area is 188 Å². The maximum Gasteiger partial charge on any atom is 0.131 e. The monoisotopic (exact) mass is 486 g/mol. The molecular formula is C24H21BrClFN2O. The molecule has 1 heterocycles. The summed E-state index contributed by atoms with van der Waals surface area (Å²) in [5, 5.41) is 5.10. The van der Waals surface area contributed by atoms with Crippen LogP contribution in [-0.4, -0.2) is 11.5 Å². The Bertz CT molecular complexity index is 1140. The zero-order valence-electron chi connectivity index (χ0n) is 16.2. The van der Waals surface area contributed by atoms with Crippen molar-refractivity contribution >= 4 is 38.4 Å². The molecule has 0 spiro atoms. The number of aromatic nitrogens is 1. The van der Waals surface area contributed by atoms with Crippen LogP contribution in [0.5, 0.6) is 5.75 Å². The predicted molar refractivity (Wildman–Crippen MR) is 124 cm³/mol. The highest BCUT2D eigenvalue weighted by molar-refractivity contribution is 9.10. The van der Waals surface area contributed by atoms with E-state index in [0.717, 1.165) is 28.5 Å². The summed E-state index contributed by atoms with van der Waals surface area (Å²) in [6, 6.07) is 18.8. The van der Waals surface area contributed by atoms with Crippen molar-refractivity contribution in [3.05, 3.63) is 98.9 Å². The molecule has 2 N–H and O–H groups in total. The van der Waals surface area contributed by atoms with Crippen LogP contribution in [0.3, 0.4) is 0 Å².